The highest BCUT2D eigenvalue weighted by Crippen LogP contribution is 2.40. The number of carbonyl (C=O) groups excluding carboxylic acids is 3. The number of hydrogen-bond acceptors (Lipinski definition) is 10. The van der Waals surface area contributed by atoms with Gasteiger partial charge in [0, 0.05) is 18.1 Å². The molecule has 1 fully saturated rings. The molecule has 1 saturated heterocycles. The molecule has 3 rings (SSSR count). The second kappa shape index (κ2) is 8.67. The average Bonchev–Trinajstić information content (AvgIpc) is 3.11. The van der Waals surface area contributed by atoms with E-state index >= 15 is 0 Å². The molecule has 4 N–H and O–H groups in total. The molecule has 2 aliphatic rings. The molecule has 0 bridgehead atoms. The monoisotopic (exact) mass is 451 g/mol. The Morgan fingerprint density at radius 2 is 2.20 bits per heavy atom. The van der Waals surface area contributed by atoms with E-state index in [1.807, 2.05) is 0 Å². The number of nitrogens with one attached hydrogen (secondary N) is 1. The van der Waals surface area contributed by atoms with Crippen LogP contribution in [-0.2, 0) is 24.0 Å². The number of carbonyl (C=O) groups is 4. The van der Waals surface area contributed by atoms with E-state index in [4.69, 9.17) is 5.73 Å². The van der Waals surface area contributed by atoms with E-state index in [-0.39, 0.29) is 22.2 Å². The third-order valence-corrected chi connectivity index (χ3v) is 6.08. The number of rotatable bonds is 6. The molecular weight excluding hydrogens is 434 g/mol. The molecule has 2 atom stereocenters. The highest BCUT2D eigenvalue weighted by atomic mass is 32.2. The summed E-state index contributed by atoms with van der Waals surface area (Å²) in [5.74, 6) is -2.97. The number of thiazole rings is 1. The number of β-lactam (4-membered cyclic amide) rings is 1. The number of carboxylic acid groups (broad SMARTS) is 1. The lowest BCUT2D eigenvalue weighted by Gasteiger charge is -2.49. The van der Waals surface area contributed by atoms with Gasteiger partial charge in [0.1, 0.15) is 22.8 Å². The summed E-state index contributed by atoms with van der Waals surface area (Å²) in [5, 5.41) is 16.6. The van der Waals surface area contributed by atoms with Crippen molar-refractivity contribution in [2.24, 2.45) is 5.16 Å². The molecule has 0 aromatic carbocycles. The van der Waals surface area contributed by atoms with Crippen LogP contribution in [0.3, 0.4) is 0 Å². The van der Waals surface area contributed by atoms with Crippen LogP contribution in [0.2, 0.25) is 0 Å². The molecule has 11 nitrogen and oxygen atoms in total. The fourth-order valence-corrected chi connectivity index (χ4v) is 4.76. The van der Waals surface area contributed by atoms with Crippen LogP contribution in [0.5, 0.6) is 0 Å². The van der Waals surface area contributed by atoms with Crippen molar-refractivity contribution in [3.63, 3.8) is 0 Å². The van der Waals surface area contributed by atoms with Crippen LogP contribution >= 0.6 is 23.1 Å². The predicted molar refractivity (Wildman–Crippen MR) is 109 cm³/mol. The Hall–Kier alpha value is -3.19. The maximum absolute atomic E-state index is 12.7. The van der Waals surface area contributed by atoms with Gasteiger partial charge in [-0.1, -0.05) is 17.3 Å². The van der Waals surface area contributed by atoms with Crippen LogP contribution in [0.4, 0.5) is 5.13 Å². The number of fused-ring (bicyclic) bond motifs is 1. The zero-order valence-electron chi connectivity index (χ0n) is 15.8. The van der Waals surface area contributed by atoms with Gasteiger partial charge in [-0.15, -0.1) is 23.1 Å². The number of allylic oxidation sites excluding steroid dienone is 2. The van der Waals surface area contributed by atoms with Gasteiger partial charge in [-0.3, -0.25) is 14.5 Å². The summed E-state index contributed by atoms with van der Waals surface area (Å²) in [6.45, 7) is 2.86. The average molecular weight is 451 g/mol. The Morgan fingerprint density at radius 3 is 2.77 bits per heavy atom. The Kier molecular flexibility index (Phi) is 6.22. The van der Waals surface area contributed by atoms with Crippen molar-refractivity contribution < 1.29 is 29.1 Å². The quantitative estimate of drug-likeness (QED) is 0.239. The number of nitrogens with two attached hydrogens (primary N) is 1. The molecule has 3 heterocycles. The van der Waals surface area contributed by atoms with Crippen molar-refractivity contribution in [3.8, 4) is 0 Å². The van der Waals surface area contributed by atoms with Gasteiger partial charge in [-0.2, -0.15) is 0 Å². The van der Waals surface area contributed by atoms with Crippen LogP contribution in [-0.4, -0.2) is 61.6 Å². The van der Waals surface area contributed by atoms with Gasteiger partial charge in [0.05, 0.1) is 0 Å². The van der Waals surface area contributed by atoms with Crippen LogP contribution in [0.1, 0.15) is 19.5 Å². The number of anilines is 1. The highest BCUT2D eigenvalue weighted by molar-refractivity contribution is 8.00. The Labute approximate surface area is 178 Å². The van der Waals surface area contributed by atoms with Crippen molar-refractivity contribution in [2.75, 3.05) is 11.5 Å². The van der Waals surface area contributed by atoms with Crippen molar-refractivity contribution >= 4 is 57.7 Å². The number of hydrogen-bond donors (Lipinski definition) is 3. The lowest BCUT2D eigenvalue weighted by Crippen LogP contribution is -2.71. The van der Waals surface area contributed by atoms with E-state index in [1.165, 1.54) is 17.1 Å². The number of aliphatic carboxylic acids is 1. The van der Waals surface area contributed by atoms with Crippen molar-refractivity contribution in [3.05, 3.63) is 34.5 Å². The van der Waals surface area contributed by atoms with Crippen molar-refractivity contribution in [2.45, 2.75) is 25.3 Å². The SMILES string of the molecule is CC=CC1=C(C(=O)O)N2C(=O)[C@@H](NC(=O)C(=NOC(C)=O)c3csc(N)n3)[C@@H]2SC1. The summed E-state index contributed by atoms with van der Waals surface area (Å²) >= 11 is 2.38. The third-order valence-electron chi connectivity index (χ3n) is 4.10. The third kappa shape index (κ3) is 4.07. The van der Waals surface area contributed by atoms with Crippen LogP contribution in [0.25, 0.3) is 0 Å². The van der Waals surface area contributed by atoms with Crippen molar-refractivity contribution in [1.29, 1.82) is 0 Å². The second-order valence-corrected chi connectivity index (χ2v) is 8.13. The minimum Gasteiger partial charge on any atom is -0.477 e. The molecule has 0 aliphatic carbocycles. The molecule has 2 amide bonds. The smallest absolute Gasteiger partial charge is 0.352 e. The van der Waals surface area contributed by atoms with Crippen LogP contribution < -0.4 is 11.1 Å². The predicted octanol–water partition coefficient (Wildman–Crippen LogP) is 0.307. The molecule has 13 heteroatoms. The Bertz CT molecular complexity index is 1010. The Morgan fingerprint density at radius 1 is 1.47 bits per heavy atom. The lowest BCUT2D eigenvalue weighted by molar-refractivity contribution is -0.150. The fourth-order valence-electron chi connectivity index (χ4n) is 2.89. The first-order chi connectivity index (χ1) is 14.2. The summed E-state index contributed by atoms with van der Waals surface area (Å²) in [7, 11) is 0. The zero-order valence-corrected chi connectivity index (χ0v) is 17.5. The summed E-state index contributed by atoms with van der Waals surface area (Å²) in [6.07, 6.45) is 3.34. The molecule has 1 aromatic heterocycles. The fraction of sp³-hybridized carbons (Fsp3) is 0.294. The maximum Gasteiger partial charge on any atom is 0.352 e. The van der Waals surface area contributed by atoms with E-state index in [9.17, 15) is 24.3 Å². The number of nitrogen functional groups attached to an aromatic ring is 1. The number of carboxylic acids is 1. The minimum absolute atomic E-state index is 0.0812. The van der Waals surface area contributed by atoms with Gasteiger partial charge >= 0.3 is 11.9 Å². The summed E-state index contributed by atoms with van der Waals surface area (Å²) in [4.78, 5) is 57.8. The number of amides is 2. The molecule has 0 radical (unpaired) electrons. The molecule has 0 saturated carbocycles. The first-order valence-electron chi connectivity index (χ1n) is 8.56. The van der Waals surface area contributed by atoms with Crippen LogP contribution in [0, 0.1) is 0 Å². The van der Waals surface area contributed by atoms with Gasteiger partial charge in [0.15, 0.2) is 10.8 Å². The van der Waals surface area contributed by atoms with E-state index in [1.54, 1.807) is 19.1 Å². The van der Waals surface area contributed by atoms with Gasteiger partial charge < -0.3 is 21.0 Å². The lowest BCUT2D eigenvalue weighted by atomic mass is 10.0. The number of aromatic nitrogens is 1. The van der Waals surface area contributed by atoms with Gasteiger partial charge in [-0.25, -0.2) is 14.6 Å². The van der Waals surface area contributed by atoms with E-state index in [2.05, 4.69) is 20.3 Å². The Balaban J connectivity index is 1.82. The summed E-state index contributed by atoms with van der Waals surface area (Å²) in [6, 6.07) is -0.970. The summed E-state index contributed by atoms with van der Waals surface area (Å²) in [5.41, 5.74) is 5.75. The molecule has 0 unspecified atom stereocenters. The molecular formula is C17H17N5O6S2. The first-order valence-corrected chi connectivity index (χ1v) is 10.5. The standard InChI is InChI=1S/C17H17N5O6S2/c1-3-4-8-5-29-15-11(14(25)22(15)12(8)16(26)27)20-13(24)10(21-28-7(2)23)9-6-30-17(18)19-9/h3-4,6,11,15H,5H2,1-2H3,(H2,18,19)(H,20,24)(H,26,27)/t11-,15+/m1/s1. The number of thioether (sulfide) groups is 1. The normalized spacial score (nSPS) is 21.3. The molecule has 158 valence electrons. The topological polar surface area (TPSA) is 164 Å². The molecule has 30 heavy (non-hydrogen) atoms. The van der Waals surface area contributed by atoms with Crippen LogP contribution in [0.15, 0.2) is 34.0 Å². The van der Waals surface area contributed by atoms with Gasteiger partial charge in [0.25, 0.3) is 11.8 Å². The zero-order chi connectivity index (χ0) is 22.0. The molecule has 0 spiro atoms. The number of oxime groups is 1. The number of nitrogens with zero attached hydrogens (tertiary/aromatic N) is 3. The van der Waals surface area contributed by atoms with E-state index < -0.39 is 35.2 Å². The first kappa shape index (κ1) is 21.5. The van der Waals surface area contributed by atoms with Crippen molar-refractivity contribution in [1.82, 2.24) is 15.2 Å². The van der Waals surface area contributed by atoms with Gasteiger partial charge in [0.2, 0.25) is 0 Å². The van der Waals surface area contributed by atoms with Gasteiger partial charge in [-0.05, 0) is 12.5 Å². The van der Waals surface area contributed by atoms with E-state index in [0.717, 1.165) is 23.2 Å². The summed E-state index contributed by atoms with van der Waals surface area (Å²) < 4.78 is 0. The minimum atomic E-state index is -1.22. The molecule has 1 aromatic rings. The molecule has 2 aliphatic heterocycles. The van der Waals surface area contributed by atoms with E-state index in [0.29, 0.717) is 11.3 Å². The highest BCUT2D eigenvalue weighted by Gasteiger charge is 2.54. The maximum atomic E-state index is 12.7. The second-order valence-electron chi connectivity index (χ2n) is 6.13. The largest absolute Gasteiger partial charge is 0.477 e.